The molecule has 6 aromatic rings. The van der Waals surface area contributed by atoms with Crippen LogP contribution in [0.1, 0.15) is 78.1 Å². The summed E-state index contributed by atoms with van der Waals surface area (Å²) in [5.74, 6) is 0. The average Bonchev–Trinajstić information content (AvgIpc) is 3.27. The molecule has 0 saturated heterocycles. The minimum atomic E-state index is -1.60. The zero-order valence-corrected chi connectivity index (χ0v) is 52.3. The van der Waals surface area contributed by atoms with E-state index in [1.165, 1.54) is 108 Å². The number of hydrogen-bond donors (Lipinski definition) is 0. The molecule has 0 spiro atoms. The van der Waals surface area contributed by atoms with Crippen molar-refractivity contribution in [1.82, 2.24) is 0 Å². The molecule has 0 aliphatic heterocycles. The SMILES string of the molecule is CCCCCCC[P+](c1ccccc1)(c1ccccc1)c1ccccc1.CCCCCCC[P+](c1ccccc1)(c1ccccc1)c1ccccc1.[Br][Mn-]([Br])([Br])[Br].[Br][Mn-]([Br])([Br])[Br]. The van der Waals surface area contributed by atoms with Gasteiger partial charge < -0.3 is 0 Å². The van der Waals surface area contributed by atoms with Gasteiger partial charge in [0.1, 0.15) is 46.4 Å². The molecule has 0 amide bonds. The van der Waals surface area contributed by atoms with E-state index in [0.29, 0.717) is 0 Å². The zero-order valence-electron chi connectivity index (χ0n) is 35.5. The van der Waals surface area contributed by atoms with Crippen LogP contribution in [-0.4, -0.2) is 12.3 Å². The summed E-state index contributed by atoms with van der Waals surface area (Å²) < 4.78 is 0. The van der Waals surface area contributed by atoms with Gasteiger partial charge >= 0.3 is 124 Å². The van der Waals surface area contributed by atoms with Crippen molar-refractivity contribution in [2.45, 2.75) is 78.1 Å². The van der Waals surface area contributed by atoms with Crippen LogP contribution >= 0.6 is 127 Å². The van der Waals surface area contributed by atoms with Crippen molar-refractivity contribution in [3.63, 3.8) is 0 Å². The Morgan fingerprint density at radius 3 is 0.597 bits per heavy atom. The third-order valence-electron chi connectivity index (χ3n) is 10.4. The molecule has 0 aliphatic rings. The predicted molar refractivity (Wildman–Crippen MR) is 309 cm³/mol. The molecule has 0 radical (unpaired) electrons. The van der Waals surface area contributed by atoms with Gasteiger partial charge in [0.2, 0.25) is 0 Å². The van der Waals surface area contributed by atoms with E-state index in [9.17, 15) is 0 Å². The molecular formula is C50H60Br8Mn2P2. The molecule has 0 fully saturated rings. The summed E-state index contributed by atoms with van der Waals surface area (Å²) in [6.45, 7) is 4.57. The first-order valence-electron chi connectivity index (χ1n) is 21.0. The molecule has 0 saturated carbocycles. The number of benzene rings is 6. The summed E-state index contributed by atoms with van der Waals surface area (Å²) in [7, 11) is -3.20. The van der Waals surface area contributed by atoms with Gasteiger partial charge in [-0.25, -0.2) is 0 Å². The fraction of sp³-hybridized carbons (Fsp3) is 0.280. The van der Waals surface area contributed by atoms with Gasteiger partial charge in [0.15, 0.2) is 0 Å². The standard InChI is InChI=1S/2C25H30P.8BrH.2Mn/c2*1-2-3-4-5-15-22-26(23-16-9-6-10-17-23,24-18-11-7-12-19-24)25-20-13-8-14-21-25;;;;;;;;;;/h2*6-14,16-21H,2-5,15,22H2,1H3;8*1H;;/q2*+1;;;;;;;;;2*+3/p-8. The van der Waals surface area contributed by atoms with E-state index in [-0.39, 0.29) is 0 Å². The molecule has 6 aromatic carbocycles. The molecule has 62 heavy (non-hydrogen) atoms. The third-order valence-corrected chi connectivity index (χ3v) is 19.4. The van der Waals surface area contributed by atoms with Crippen LogP contribution < -0.4 is 31.8 Å². The van der Waals surface area contributed by atoms with Crippen molar-refractivity contribution in [2.75, 3.05) is 12.3 Å². The van der Waals surface area contributed by atoms with Crippen LogP contribution in [-0.2, 0) is 11.2 Å². The van der Waals surface area contributed by atoms with E-state index in [2.05, 4.69) is 309 Å². The van der Waals surface area contributed by atoms with Crippen LogP contribution in [0.4, 0.5) is 0 Å². The second kappa shape index (κ2) is 32.0. The van der Waals surface area contributed by atoms with Gasteiger partial charge in [0.05, 0.1) is 12.3 Å². The molecule has 0 bridgehead atoms. The Balaban J connectivity index is 0.000000271. The van der Waals surface area contributed by atoms with E-state index in [1.807, 2.05) is 0 Å². The quantitative estimate of drug-likeness (QED) is 0.0457. The molecular weight excluding hydrogens is 1410 g/mol. The molecule has 0 aromatic heterocycles. The van der Waals surface area contributed by atoms with Gasteiger partial charge in [-0.05, 0) is 98.5 Å². The summed E-state index contributed by atoms with van der Waals surface area (Å²) in [6.07, 6.45) is 15.8. The van der Waals surface area contributed by atoms with Crippen molar-refractivity contribution < 1.29 is 11.2 Å². The second-order valence-electron chi connectivity index (χ2n) is 14.6. The first kappa shape index (κ1) is 57.4. The van der Waals surface area contributed by atoms with Crippen molar-refractivity contribution in [3.05, 3.63) is 182 Å². The van der Waals surface area contributed by atoms with Gasteiger partial charge in [-0.1, -0.05) is 162 Å². The summed E-state index contributed by atoms with van der Waals surface area (Å²) >= 11 is 26.1. The Labute approximate surface area is 436 Å². The fourth-order valence-electron chi connectivity index (χ4n) is 7.67. The van der Waals surface area contributed by atoms with E-state index in [4.69, 9.17) is 0 Å². The fourth-order valence-corrected chi connectivity index (χ4v) is 16.5. The topological polar surface area (TPSA) is 0 Å². The van der Waals surface area contributed by atoms with Crippen LogP contribution in [0.2, 0.25) is 0 Å². The molecule has 0 N–H and O–H groups in total. The Hall–Kier alpha value is 1.06. The molecule has 340 valence electrons. The Kier molecular flexibility index (Phi) is 29.6. The number of hydrogen-bond acceptors (Lipinski definition) is 0. The second-order valence-corrected chi connectivity index (χ2v) is 93.3. The van der Waals surface area contributed by atoms with Crippen LogP contribution in [0.15, 0.2) is 182 Å². The predicted octanol–water partition coefficient (Wildman–Crippen LogP) is 18.7. The maximum absolute atomic E-state index is 3.27. The molecule has 0 heterocycles. The zero-order chi connectivity index (χ0) is 45.2. The van der Waals surface area contributed by atoms with Crippen molar-refractivity contribution in [3.8, 4) is 0 Å². The van der Waals surface area contributed by atoms with Crippen molar-refractivity contribution in [1.29, 1.82) is 0 Å². The number of rotatable bonds is 18. The van der Waals surface area contributed by atoms with Crippen molar-refractivity contribution >= 4 is 159 Å². The summed E-state index contributed by atoms with van der Waals surface area (Å²) in [4.78, 5) is 0. The van der Waals surface area contributed by atoms with Crippen LogP contribution in [0, 0.1) is 0 Å². The number of unbranched alkanes of at least 4 members (excludes halogenated alkanes) is 8. The third kappa shape index (κ3) is 21.6. The molecule has 0 aliphatic carbocycles. The van der Waals surface area contributed by atoms with Gasteiger partial charge in [0.25, 0.3) is 0 Å². The first-order chi connectivity index (χ1) is 29.8. The van der Waals surface area contributed by atoms with Crippen LogP contribution in [0.3, 0.4) is 0 Å². The maximum atomic E-state index is 3.27. The van der Waals surface area contributed by atoms with E-state index in [0.717, 1.165) is 0 Å². The minimum absolute atomic E-state index is 1.26. The van der Waals surface area contributed by atoms with Gasteiger partial charge in [-0.15, -0.1) is 0 Å². The van der Waals surface area contributed by atoms with Crippen LogP contribution in [0.5, 0.6) is 0 Å². The number of halogens is 8. The average molecular weight is 1470 g/mol. The van der Waals surface area contributed by atoms with E-state index >= 15 is 0 Å². The molecule has 0 nitrogen and oxygen atoms in total. The van der Waals surface area contributed by atoms with Crippen LogP contribution in [0.25, 0.3) is 0 Å². The Morgan fingerprint density at radius 2 is 0.435 bits per heavy atom. The molecule has 0 unspecified atom stereocenters. The summed E-state index contributed by atoms with van der Waals surface area (Å²) in [5, 5.41) is 9.04. The van der Waals surface area contributed by atoms with Crippen molar-refractivity contribution in [2.24, 2.45) is 0 Å². The molecule has 6 rings (SSSR count). The van der Waals surface area contributed by atoms with Gasteiger partial charge in [0, 0.05) is 0 Å². The summed E-state index contributed by atoms with van der Waals surface area (Å²) in [6, 6.07) is 67.4. The Bertz CT molecular complexity index is 1650. The van der Waals surface area contributed by atoms with E-state index < -0.39 is 25.8 Å². The summed E-state index contributed by atoms with van der Waals surface area (Å²) in [5.41, 5.74) is -2.75. The normalized spacial score (nSPS) is 12.0. The molecule has 12 heteroatoms. The Morgan fingerprint density at radius 1 is 0.274 bits per heavy atom. The van der Waals surface area contributed by atoms with Gasteiger partial charge in [-0.2, -0.15) is 0 Å². The first-order valence-corrected chi connectivity index (χ1v) is 48.3. The monoisotopic (exact) mass is 1460 g/mol. The van der Waals surface area contributed by atoms with Gasteiger partial charge in [-0.3, -0.25) is 0 Å². The van der Waals surface area contributed by atoms with E-state index in [1.54, 1.807) is 0 Å². The molecule has 0 atom stereocenters.